The zero-order chi connectivity index (χ0) is 22.9. The van der Waals surface area contributed by atoms with Gasteiger partial charge in [-0.25, -0.2) is 4.98 Å². The van der Waals surface area contributed by atoms with E-state index < -0.39 is 0 Å². The molecule has 0 aliphatic rings. The number of para-hydroxylation sites is 1. The SMILES string of the molecule is CCN(CC(=O)NCc1cccs1)C(=O)/C=C/c1csc(N(C(C)=O)c2ccccc2)n1. The van der Waals surface area contributed by atoms with E-state index in [1.807, 2.05) is 54.8 Å². The molecule has 0 aliphatic heterocycles. The first kappa shape index (κ1) is 23.4. The van der Waals surface area contributed by atoms with Crippen LogP contribution < -0.4 is 10.2 Å². The Balaban J connectivity index is 1.61. The van der Waals surface area contributed by atoms with Crippen LogP contribution in [0.2, 0.25) is 0 Å². The number of likely N-dealkylation sites (N-methyl/N-ethyl adjacent to an activating group) is 1. The number of rotatable bonds is 9. The van der Waals surface area contributed by atoms with Gasteiger partial charge in [-0.05, 0) is 36.6 Å². The fourth-order valence-corrected chi connectivity index (χ4v) is 4.39. The van der Waals surface area contributed by atoms with Gasteiger partial charge >= 0.3 is 0 Å². The number of carbonyl (C=O) groups excluding carboxylic acids is 3. The standard InChI is InChI=1S/C23H24N4O3S2/c1-3-26(15-21(29)24-14-20-10-7-13-31-20)22(30)12-11-18-16-32-23(25-18)27(17(2)28)19-8-5-4-6-9-19/h4-13,16H,3,14-15H2,1-2H3,(H,24,29)/b12-11+. The number of thiazole rings is 1. The summed E-state index contributed by atoms with van der Waals surface area (Å²) in [5.74, 6) is -0.638. The third-order valence-electron chi connectivity index (χ3n) is 4.49. The van der Waals surface area contributed by atoms with Crippen molar-refractivity contribution in [2.75, 3.05) is 18.0 Å². The molecule has 0 saturated heterocycles. The molecular weight excluding hydrogens is 444 g/mol. The Bertz CT molecular complexity index is 1080. The van der Waals surface area contributed by atoms with E-state index >= 15 is 0 Å². The molecule has 32 heavy (non-hydrogen) atoms. The number of carbonyl (C=O) groups is 3. The number of nitrogens with one attached hydrogen (secondary N) is 1. The molecule has 0 unspecified atom stereocenters. The molecule has 0 radical (unpaired) electrons. The first-order chi connectivity index (χ1) is 15.5. The number of benzene rings is 1. The van der Waals surface area contributed by atoms with Crippen molar-refractivity contribution in [1.29, 1.82) is 0 Å². The second-order valence-electron chi connectivity index (χ2n) is 6.79. The predicted octanol–water partition coefficient (Wildman–Crippen LogP) is 4.07. The van der Waals surface area contributed by atoms with E-state index in [-0.39, 0.29) is 24.3 Å². The molecular formula is C23H24N4O3S2. The molecule has 0 atom stereocenters. The van der Waals surface area contributed by atoms with E-state index in [0.29, 0.717) is 23.9 Å². The fraction of sp³-hybridized carbons (Fsp3) is 0.217. The maximum Gasteiger partial charge on any atom is 0.247 e. The van der Waals surface area contributed by atoms with Crippen LogP contribution in [0.25, 0.3) is 6.08 Å². The lowest BCUT2D eigenvalue weighted by atomic mass is 10.3. The topological polar surface area (TPSA) is 82.6 Å². The van der Waals surface area contributed by atoms with Crippen molar-refractivity contribution in [2.24, 2.45) is 0 Å². The molecule has 3 rings (SSSR count). The van der Waals surface area contributed by atoms with Gasteiger partial charge in [0.2, 0.25) is 17.7 Å². The number of nitrogens with zero attached hydrogens (tertiary/aromatic N) is 3. The lowest BCUT2D eigenvalue weighted by Crippen LogP contribution is -2.39. The Kier molecular flexibility index (Phi) is 8.29. The Hall–Kier alpha value is -3.30. The highest BCUT2D eigenvalue weighted by atomic mass is 32.1. The summed E-state index contributed by atoms with van der Waals surface area (Å²) in [5, 5.41) is 7.08. The summed E-state index contributed by atoms with van der Waals surface area (Å²) in [4.78, 5) is 45.4. The van der Waals surface area contributed by atoms with Crippen molar-refractivity contribution >= 4 is 57.3 Å². The summed E-state index contributed by atoms with van der Waals surface area (Å²) in [6.07, 6.45) is 2.99. The Morgan fingerprint density at radius 1 is 1.09 bits per heavy atom. The molecule has 0 spiro atoms. The average molecular weight is 469 g/mol. The summed E-state index contributed by atoms with van der Waals surface area (Å²) in [6, 6.07) is 13.1. The number of amides is 3. The van der Waals surface area contributed by atoms with E-state index in [1.165, 1.54) is 34.1 Å². The maximum absolute atomic E-state index is 12.6. The number of anilines is 2. The zero-order valence-electron chi connectivity index (χ0n) is 17.9. The third-order valence-corrected chi connectivity index (χ3v) is 6.22. The highest BCUT2D eigenvalue weighted by Gasteiger charge is 2.17. The molecule has 0 aliphatic carbocycles. The van der Waals surface area contributed by atoms with Crippen LogP contribution in [0.4, 0.5) is 10.8 Å². The number of hydrogen-bond donors (Lipinski definition) is 1. The van der Waals surface area contributed by atoms with E-state index in [1.54, 1.807) is 22.8 Å². The summed E-state index contributed by atoms with van der Waals surface area (Å²) >= 11 is 2.89. The van der Waals surface area contributed by atoms with Gasteiger partial charge in [0.25, 0.3) is 0 Å². The van der Waals surface area contributed by atoms with E-state index in [9.17, 15) is 14.4 Å². The van der Waals surface area contributed by atoms with Crippen molar-refractivity contribution in [3.05, 3.63) is 69.9 Å². The van der Waals surface area contributed by atoms with Gasteiger partial charge in [-0.2, -0.15) is 0 Å². The number of hydrogen-bond acceptors (Lipinski definition) is 6. The first-order valence-corrected chi connectivity index (χ1v) is 11.8. The molecule has 0 bridgehead atoms. The van der Waals surface area contributed by atoms with Crippen LogP contribution in [0.1, 0.15) is 24.4 Å². The maximum atomic E-state index is 12.6. The third kappa shape index (κ3) is 6.35. The minimum Gasteiger partial charge on any atom is -0.350 e. The summed E-state index contributed by atoms with van der Waals surface area (Å²) in [7, 11) is 0. The van der Waals surface area contributed by atoms with Gasteiger partial charge in [0.1, 0.15) is 0 Å². The van der Waals surface area contributed by atoms with Crippen LogP contribution >= 0.6 is 22.7 Å². The number of aromatic nitrogens is 1. The molecule has 2 aromatic heterocycles. The smallest absolute Gasteiger partial charge is 0.247 e. The predicted molar refractivity (Wildman–Crippen MR) is 129 cm³/mol. The second kappa shape index (κ2) is 11.4. The van der Waals surface area contributed by atoms with Gasteiger partial charge < -0.3 is 10.2 Å². The van der Waals surface area contributed by atoms with E-state index in [0.717, 1.165) is 10.6 Å². The molecule has 0 saturated carbocycles. The summed E-state index contributed by atoms with van der Waals surface area (Å²) in [5.41, 5.74) is 1.30. The largest absolute Gasteiger partial charge is 0.350 e. The summed E-state index contributed by atoms with van der Waals surface area (Å²) < 4.78 is 0. The Labute approximate surface area is 195 Å². The average Bonchev–Trinajstić information content (AvgIpc) is 3.47. The molecule has 3 amide bonds. The second-order valence-corrected chi connectivity index (χ2v) is 8.66. The van der Waals surface area contributed by atoms with Crippen LogP contribution in [0.3, 0.4) is 0 Å². The highest BCUT2D eigenvalue weighted by Crippen LogP contribution is 2.29. The van der Waals surface area contributed by atoms with Crippen LogP contribution in [-0.2, 0) is 20.9 Å². The Morgan fingerprint density at radius 2 is 1.88 bits per heavy atom. The fourth-order valence-electron chi connectivity index (χ4n) is 2.90. The van der Waals surface area contributed by atoms with Gasteiger partial charge in [-0.15, -0.1) is 22.7 Å². The van der Waals surface area contributed by atoms with Crippen molar-refractivity contribution in [1.82, 2.24) is 15.2 Å². The van der Waals surface area contributed by atoms with Crippen molar-refractivity contribution in [2.45, 2.75) is 20.4 Å². The molecule has 1 aromatic carbocycles. The lowest BCUT2D eigenvalue weighted by molar-refractivity contribution is -0.132. The monoisotopic (exact) mass is 468 g/mol. The van der Waals surface area contributed by atoms with Gasteiger partial charge in [0, 0.05) is 29.8 Å². The minimum absolute atomic E-state index is 0.0144. The van der Waals surface area contributed by atoms with Crippen molar-refractivity contribution in [3.63, 3.8) is 0 Å². The number of thiophene rings is 1. The molecule has 3 aromatic rings. The molecule has 7 nitrogen and oxygen atoms in total. The molecule has 9 heteroatoms. The van der Waals surface area contributed by atoms with Crippen LogP contribution in [0.5, 0.6) is 0 Å². The van der Waals surface area contributed by atoms with Crippen LogP contribution in [0.15, 0.2) is 59.3 Å². The molecule has 2 heterocycles. The van der Waals surface area contributed by atoms with E-state index in [2.05, 4.69) is 10.3 Å². The Morgan fingerprint density at radius 3 is 2.53 bits per heavy atom. The zero-order valence-corrected chi connectivity index (χ0v) is 19.5. The normalized spacial score (nSPS) is 10.8. The van der Waals surface area contributed by atoms with Gasteiger partial charge in [-0.1, -0.05) is 24.3 Å². The van der Waals surface area contributed by atoms with Crippen LogP contribution in [0, 0.1) is 0 Å². The van der Waals surface area contributed by atoms with Gasteiger partial charge in [0.05, 0.1) is 24.5 Å². The summed E-state index contributed by atoms with van der Waals surface area (Å²) in [6.45, 7) is 4.15. The van der Waals surface area contributed by atoms with Crippen molar-refractivity contribution in [3.8, 4) is 0 Å². The van der Waals surface area contributed by atoms with Crippen LogP contribution in [-0.4, -0.2) is 40.7 Å². The highest BCUT2D eigenvalue weighted by molar-refractivity contribution is 7.14. The van der Waals surface area contributed by atoms with Crippen molar-refractivity contribution < 1.29 is 14.4 Å². The van der Waals surface area contributed by atoms with Gasteiger partial charge in [0.15, 0.2) is 5.13 Å². The first-order valence-electron chi connectivity index (χ1n) is 10.0. The minimum atomic E-state index is -0.278. The van der Waals surface area contributed by atoms with Gasteiger partial charge in [-0.3, -0.25) is 19.3 Å². The van der Waals surface area contributed by atoms with E-state index in [4.69, 9.17) is 0 Å². The molecule has 166 valence electrons. The molecule has 1 N–H and O–H groups in total. The molecule has 0 fully saturated rings. The quantitative estimate of drug-likeness (QED) is 0.480. The lowest BCUT2D eigenvalue weighted by Gasteiger charge is -2.18.